The van der Waals surface area contributed by atoms with Gasteiger partial charge < -0.3 is 5.11 Å². The van der Waals surface area contributed by atoms with Gasteiger partial charge in [0, 0.05) is 14.1 Å². The fraction of sp³-hybridized carbons (Fsp3) is 0.455. The summed E-state index contributed by atoms with van der Waals surface area (Å²) in [5.74, 6) is 0. The zero-order valence-corrected chi connectivity index (χ0v) is 10.8. The fourth-order valence-electron chi connectivity index (χ4n) is 1.36. The van der Waals surface area contributed by atoms with Crippen LogP contribution in [0, 0.1) is 0 Å². The minimum Gasteiger partial charge on any atom is -0.395 e. The molecule has 0 saturated carbocycles. The number of hydrogen-bond acceptors (Lipinski definition) is 3. The topological polar surface area (TPSA) is 69.6 Å². The Morgan fingerprint density at radius 3 is 2.35 bits per heavy atom. The van der Waals surface area contributed by atoms with Crippen molar-refractivity contribution in [3.8, 4) is 0 Å². The quantitative estimate of drug-likeness (QED) is 0.754. The molecule has 0 aliphatic rings. The van der Waals surface area contributed by atoms with E-state index in [-0.39, 0.29) is 6.61 Å². The first-order chi connectivity index (χ1) is 7.95. The maximum atomic E-state index is 11.6. The van der Waals surface area contributed by atoms with Crippen LogP contribution in [0.4, 0.5) is 0 Å². The molecule has 5 nitrogen and oxygen atoms in total. The molecular formula is C11H18N2O3S. The zero-order chi connectivity index (χ0) is 12.9. The van der Waals surface area contributed by atoms with Crippen molar-refractivity contribution in [1.82, 2.24) is 9.03 Å². The molecule has 0 fully saturated rings. The molecule has 0 bridgehead atoms. The number of nitrogens with zero attached hydrogens (tertiary/aromatic N) is 1. The van der Waals surface area contributed by atoms with E-state index in [0.717, 1.165) is 9.87 Å². The van der Waals surface area contributed by atoms with Crippen molar-refractivity contribution in [2.45, 2.75) is 12.5 Å². The van der Waals surface area contributed by atoms with E-state index in [2.05, 4.69) is 4.72 Å². The van der Waals surface area contributed by atoms with Gasteiger partial charge in [-0.2, -0.15) is 17.4 Å². The van der Waals surface area contributed by atoms with Crippen LogP contribution in [-0.4, -0.2) is 44.6 Å². The molecule has 2 N–H and O–H groups in total. The van der Waals surface area contributed by atoms with E-state index in [9.17, 15) is 13.5 Å². The lowest BCUT2D eigenvalue weighted by atomic mass is 10.1. The molecule has 0 spiro atoms. The molecule has 6 heteroatoms. The molecular weight excluding hydrogens is 240 g/mol. The molecule has 0 aromatic heterocycles. The van der Waals surface area contributed by atoms with Crippen LogP contribution in [0.1, 0.15) is 5.56 Å². The maximum Gasteiger partial charge on any atom is 0.279 e. The number of benzene rings is 1. The number of aliphatic hydroxyl groups excluding tert-OH is 1. The average Bonchev–Trinajstić information content (AvgIpc) is 2.29. The Kier molecular flexibility index (Phi) is 5.07. The lowest BCUT2D eigenvalue weighted by Crippen LogP contribution is -2.44. The van der Waals surface area contributed by atoms with E-state index >= 15 is 0 Å². The summed E-state index contributed by atoms with van der Waals surface area (Å²) in [6.07, 6.45) is 0.463. The van der Waals surface area contributed by atoms with Gasteiger partial charge in [0.15, 0.2) is 0 Å². The number of rotatable bonds is 6. The number of nitrogens with one attached hydrogen (secondary N) is 1. The first-order valence-electron chi connectivity index (χ1n) is 5.30. The van der Waals surface area contributed by atoms with Gasteiger partial charge in [0.25, 0.3) is 10.2 Å². The van der Waals surface area contributed by atoms with E-state index in [0.29, 0.717) is 6.42 Å². The van der Waals surface area contributed by atoms with E-state index in [1.165, 1.54) is 14.1 Å². The smallest absolute Gasteiger partial charge is 0.279 e. The van der Waals surface area contributed by atoms with Gasteiger partial charge in [0.1, 0.15) is 0 Å². The SMILES string of the molecule is CN(C)S(=O)(=O)NC(CO)Cc1ccccc1. The summed E-state index contributed by atoms with van der Waals surface area (Å²) in [5.41, 5.74) is 0.980. The molecule has 1 aromatic carbocycles. The molecule has 0 aliphatic heterocycles. The van der Waals surface area contributed by atoms with Crippen LogP contribution >= 0.6 is 0 Å². The third-order valence-corrected chi connectivity index (χ3v) is 3.93. The Morgan fingerprint density at radius 1 is 1.29 bits per heavy atom. The van der Waals surface area contributed by atoms with Gasteiger partial charge in [-0.25, -0.2) is 0 Å². The van der Waals surface area contributed by atoms with Crippen LogP contribution in [0.5, 0.6) is 0 Å². The van der Waals surface area contributed by atoms with Crippen molar-refractivity contribution >= 4 is 10.2 Å². The second-order valence-corrected chi connectivity index (χ2v) is 5.89. The third kappa shape index (κ3) is 4.43. The van der Waals surface area contributed by atoms with E-state index in [1.807, 2.05) is 30.3 Å². The second kappa shape index (κ2) is 6.11. The molecule has 1 aromatic rings. The molecule has 1 atom stereocenters. The van der Waals surface area contributed by atoms with Crippen molar-refractivity contribution in [1.29, 1.82) is 0 Å². The molecule has 0 amide bonds. The first-order valence-corrected chi connectivity index (χ1v) is 6.74. The number of hydrogen-bond donors (Lipinski definition) is 2. The Morgan fingerprint density at radius 2 is 1.88 bits per heavy atom. The van der Waals surface area contributed by atoms with Gasteiger partial charge in [0.2, 0.25) is 0 Å². The molecule has 17 heavy (non-hydrogen) atoms. The van der Waals surface area contributed by atoms with Gasteiger partial charge in [0.05, 0.1) is 12.6 Å². The lowest BCUT2D eigenvalue weighted by molar-refractivity contribution is 0.254. The number of aliphatic hydroxyl groups is 1. The van der Waals surface area contributed by atoms with Crippen LogP contribution in [0.15, 0.2) is 30.3 Å². The summed E-state index contributed by atoms with van der Waals surface area (Å²) in [5, 5.41) is 9.19. The molecule has 1 rings (SSSR count). The largest absolute Gasteiger partial charge is 0.395 e. The average molecular weight is 258 g/mol. The van der Waals surface area contributed by atoms with Crippen LogP contribution in [-0.2, 0) is 16.6 Å². The molecule has 1 unspecified atom stereocenters. The first kappa shape index (κ1) is 14.1. The van der Waals surface area contributed by atoms with Gasteiger partial charge in [-0.1, -0.05) is 30.3 Å². The highest BCUT2D eigenvalue weighted by atomic mass is 32.2. The summed E-state index contributed by atoms with van der Waals surface area (Å²) < 4.78 is 26.7. The summed E-state index contributed by atoms with van der Waals surface area (Å²) in [7, 11) is -0.619. The van der Waals surface area contributed by atoms with E-state index in [4.69, 9.17) is 0 Å². The Hall–Kier alpha value is -0.950. The molecule has 0 saturated heterocycles. The van der Waals surface area contributed by atoms with Crippen LogP contribution in [0.25, 0.3) is 0 Å². The van der Waals surface area contributed by atoms with E-state index < -0.39 is 16.3 Å². The van der Waals surface area contributed by atoms with Crippen LogP contribution in [0.2, 0.25) is 0 Å². The minimum atomic E-state index is -3.51. The van der Waals surface area contributed by atoms with Gasteiger partial charge in [-0.15, -0.1) is 0 Å². The molecule has 96 valence electrons. The van der Waals surface area contributed by atoms with Gasteiger partial charge >= 0.3 is 0 Å². The highest BCUT2D eigenvalue weighted by Gasteiger charge is 2.19. The summed E-state index contributed by atoms with van der Waals surface area (Å²) in [6, 6.07) is 8.93. The van der Waals surface area contributed by atoms with Crippen molar-refractivity contribution < 1.29 is 13.5 Å². The second-order valence-electron chi connectivity index (χ2n) is 3.97. The summed E-state index contributed by atoms with van der Waals surface area (Å²) in [6.45, 7) is -0.234. The highest BCUT2D eigenvalue weighted by molar-refractivity contribution is 7.87. The van der Waals surface area contributed by atoms with Crippen LogP contribution < -0.4 is 4.72 Å². The zero-order valence-electron chi connectivity index (χ0n) is 10.00. The van der Waals surface area contributed by atoms with Gasteiger partial charge in [-0.05, 0) is 12.0 Å². The fourth-order valence-corrected chi connectivity index (χ4v) is 2.15. The minimum absolute atomic E-state index is 0.234. The van der Waals surface area contributed by atoms with Crippen molar-refractivity contribution in [3.05, 3.63) is 35.9 Å². The monoisotopic (exact) mass is 258 g/mol. The maximum absolute atomic E-state index is 11.6. The van der Waals surface area contributed by atoms with Gasteiger partial charge in [-0.3, -0.25) is 0 Å². The highest BCUT2D eigenvalue weighted by Crippen LogP contribution is 2.04. The van der Waals surface area contributed by atoms with E-state index in [1.54, 1.807) is 0 Å². The van der Waals surface area contributed by atoms with Crippen molar-refractivity contribution in [3.63, 3.8) is 0 Å². The predicted octanol–water partition coefficient (Wildman–Crippen LogP) is -0.0140. The summed E-state index contributed by atoms with van der Waals surface area (Å²) >= 11 is 0. The van der Waals surface area contributed by atoms with Crippen LogP contribution in [0.3, 0.4) is 0 Å². The van der Waals surface area contributed by atoms with Crippen molar-refractivity contribution in [2.24, 2.45) is 0 Å². The third-order valence-electron chi connectivity index (χ3n) is 2.34. The normalized spacial score (nSPS) is 13.9. The van der Waals surface area contributed by atoms with Crippen molar-refractivity contribution in [2.75, 3.05) is 20.7 Å². The Bertz CT molecular complexity index is 431. The molecule has 0 aliphatic carbocycles. The lowest BCUT2D eigenvalue weighted by Gasteiger charge is -2.19. The Balaban J connectivity index is 2.68. The Labute approximate surface area is 102 Å². The molecule has 0 heterocycles. The standard InChI is InChI=1S/C11H18N2O3S/c1-13(2)17(15,16)12-11(9-14)8-10-6-4-3-5-7-10/h3-7,11-12,14H,8-9H2,1-2H3. The predicted molar refractivity (Wildman–Crippen MR) is 66.8 cm³/mol. The molecule has 0 radical (unpaired) electrons. The summed E-state index contributed by atoms with van der Waals surface area (Å²) in [4.78, 5) is 0.